The molecule has 0 aliphatic heterocycles. The van der Waals surface area contributed by atoms with E-state index in [1.54, 1.807) is 12.1 Å². The minimum Gasteiger partial charge on any atom is -0.393 e. The number of anilines is 2. The number of aryl methyl sites for hydroxylation is 1. The summed E-state index contributed by atoms with van der Waals surface area (Å²) in [4.78, 5) is 22.3. The molecule has 0 atom stereocenters. The number of nitro groups is 1. The fourth-order valence-corrected chi connectivity index (χ4v) is 1.87. The highest BCUT2D eigenvalue weighted by Gasteiger charge is 2.15. The Balaban J connectivity index is 2.19. The lowest BCUT2D eigenvalue weighted by Gasteiger charge is -2.06. The lowest BCUT2D eigenvalue weighted by atomic mass is 10.1. The number of hydrogen-bond donors (Lipinski definition) is 2. The molecule has 0 radical (unpaired) electrons. The van der Waals surface area contributed by atoms with Gasteiger partial charge in [-0.2, -0.15) is 0 Å². The zero-order chi connectivity index (χ0) is 15.4. The molecule has 21 heavy (non-hydrogen) atoms. The van der Waals surface area contributed by atoms with E-state index in [1.807, 2.05) is 19.1 Å². The zero-order valence-corrected chi connectivity index (χ0v) is 11.5. The van der Waals surface area contributed by atoms with Crippen molar-refractivity contribution in [2.24, 2.45) is 0 Å². The largest absolute Gasteiger partial charge is 0.393 e. The van der Waals surface area contributed by atoms with Gasteiger partial charge in [0.1, 0.15) is 5.69 Å². The van der Waals surface area contributed by atoms with Crippen LogP contribution in [0.4, 0.5) is 17.1 Å². The van der Waals surface area contributed by atoms with Gasteiger partial charge in [0.05, 0.1) is 4.92 Å². The summed E-state index contributed by atoms with van der Waals surface area (Å²) < 4.78 is 0. The number of nitrogens with zero attached hydrogens (tertiary/aromatic N) is 1. The fraction of sp³-hybridized carbons (Fsp3) is 0.133. The van der Waals surface area contributed by atoms with Gasteiger partial charge < -0.3 is 11.1 Å². The molecule has 0 aromatic heterocycles. The van der Waals surface area contributed by atoms with Crippen LogP contribution in [0.3, 0.4) is 0 Å². The van der Waals surface area contributed by atoms with Crippen LogP contribution in [0.2, 0.25) is 0 Å². The second-order valence-corrected chi connectivity index (χ2v) is 4.54. The van der Waals surface area contributed by atoms with Crippen LogP contribution in [-0.4, -0.2) is 10.8 Å². The highest BCUT2D eigenvalue weighted by Crippen LogP contribution is 2.23. The van der Waals surface area contributed by atoms with Crippen molar-refractivity contribution in [1.82, 2.24) is 0 Å². The van der Waals surface area contributed by atoms with Crippen LogP contribution in [-0.2, 0) is 6.42 Å². The molecule has 0 heterocycles. The quantitative estimate of drug-likeness (QED) is 0.512. The normalized spacial score (nSPS) is 10.1. The summed E-state index contributed by atoms with van der Waals surface area (Å²) in [6, 6.07) is 11.4. The van der Waals surface area contributed by atoms with E-state index in [-0.39, 0.29) is 16.9 Å². The van der Waals surface area contributed by atoms with Gasteiger partial charge in [0, 0.05) is 17.3 Å². The van der Waals surface area contributed by atoms with E-state index in [0.717, 1.165) is 12.0 Å². The Hall–Kier alpha value is -2.89. The molecule has 6 nitrogen and oxygen atoms in total. The molecule has 0 aliphatic carbocycles. The molecule has 2 rings (SSSR count). The Bertz CT molecular complexity index is 681. The van der Waals surface area contributed by atoms with Gasteiger partial charge in [0.2, 0.25) is 0 Å². The molecule has 0 bridgehead atoms. The predicted molar refractivity (Wildman–Crippen MR) is 81.3 cm³/mol. The van der Waals surface area contributed by atoms with E-state index in [4.69, 9.17) is 5.73 Å². The van der Waals surface area contributed by atoms with Crippen molar-refractivity contribution in [2.45, 2.75) is 13.3 Å². The van der Waals surface area contributed by atoms with Gasteiger partial charge >= 0.3 is 0 Å². The summed E-state index contributed by atoms with van der Waals surface area (Å²) in [5.74, 6) is -0.414. The number of nitrogen functional groups attached to an aromatic ring is 1. The van der Waals surface area contributed by atoms with Crippen molar-refractivity contribution < 1.29 is 9.72 Å². The standard InChI is InChI=1S/C15H15N3O3/c1-2-10-3-6-12(7-4-10)17-15(19)11-5-8-13(16)14(9-11)18(20)21/h3-9H,2,16H2,1H3,(H,17,19). The molecular formula is C15H15N3O3. The molecule has 1 amide bonds. The van der Waals surface area contributed by atoms with Crippen LogP contribution in [0, 0.1) is 10.1 Å². The molecule has 2 aromatic carbocycles. The number of hydrogen-bond acceptors (Lipinski definition) is 4. The lowest BCUT2D eigenvalue weighted by Crippen LogP contribution is -2.12. The molecular weight excluding hydrogens is 270 g/mol. The maximum atomic E-state index is 12.1. The number of rotatable bonds is 4. The average Bonchev–Trinajstić information content (AvgIpc) is 2.48. The van der Waals surface area contributed by atoms with E-state index in [2.05, 4.69) is 5.32 Å². The summed E-state index contributed by atoms with van der Waals surface area (Å²) >= 11 is 0. The number of nitro benzene ring substituents is 1. The Labute approximate surface area is 121 Å². The highest BCUT2D eigenvalue weighted by atomic mass is 16.6. The molecule has 0 saturated carbocycles. The minimum atomic E-state index is -0.609. The molecule has 6 heteroatoms. The molecule has 0 saturated heterocycles. The number of nitrogens with one attached hydrogen (secondary N) is 1. The maximum Gasteiger partial charge on any atom is 0.292 e. The van der Waals surface area contributed by atoms with Crippen LogP contribution < -0.4 is 11.1 Å². The monoisotopic (exact) mass is 285 g/mol. The Morgan fingerprint density at radius 3 is 2.48 bits per heavy atom. The molecule has 0 spiro atoms. The minimum absolute atomic E-state index is 0.0313. The summed E-state index contributed by atoms with van der Waals surface area (Å²) in [5, 5.41) is 13.5. The van der Waals surface area contributed by atoms with Gasteiger partial charge in [-0.3, -0.25) is 14.9 Å². The first-order valence-corrected chi connectivity index (χ1v) is 6.45. The predicted octanol–water partition coefficient (Wildman–Crippen LogP) is 2.99. The number of carbonyl (C=O) groups excluding carboxylic acids is 1. The average molecular weight is 285 g/mol. The van der Waals surface area contributed by atoms with Gasteiger partial charge in [-0.1, -0.05) is 19.1 Å². The van der Waals surface area contributed by atoms with Crippen molar-refractivity contribution in [1.29, 1.82) is 0 Å². The van der Waals surface area contributed by atoms with Crippen LogP contribution in [0.1, 0.15) is 22.8 Å². The molecule has 3 N–H and O–H groups in total. The second kappa shape index (κ2) is 6.04. The third-order valence-corrected chi connectivity index (χ3v) is 3.11. The van der Waals surface area contributed by atoms with E-state index in [1.165, 1.54) is 18.2 Å². The Morgan fingerprint density at radius 2 is 1.90 bits per heavy atom. The molecule has 0 aliphatic rings. The SMILES string of the molecule is CCc1ccc(NC(=O)c2ccc(N)c([N+](=O)[O-])c2)cc1. The molecule has 2 aromatic rings. The summed E-state index contributed by atoms with van der Waals surface area (Å²) in [6.45, 7) is 2.04. The maximum absolute atomic E-state index is 12.1. The van der Waals surface area contributed by atoms with E-state index in [0.29, 0.717) is 5.69 Å². The third kappa shape index (κ3) is 3.36. The van der Waals surface area contributed by atoms with Gasteiger partial charge in [-0.25, -0.2) is 0 Å². The summed E-state index contributed by atoms with van der Waals surface area (Å²) in [7, 11) is 0. The first kappa shape index (κ1) is 14.5. The van der Waals surface area contributed by atoms with Crippen molar-refractivity contribution >= 4 is 23.0 Å². The first-order chi connectivity index (χ1) is 10.0. The fourth-order valence-electron chi connectivity index (χ4n) is 1.87. The van der Waals surface area contributed by atoms with Gasteiger partial charge in [0.25, 0.3) is 11.6 Å². The highest BCUT2D eigenvalue weighted by molar-refractivity contribution is 6.05. The first-order valence-electron chi connectivity index (χ1n) is 6.45. The van der Waals surface area contributed by atoms with Crippen LogP contribution >= 0.6 is 0 Å². The number of carbonyl (C=O) groups is 1. The van der Waals surface area contributed by atoms with E-state index < -0.39 is 10.8 Å². The second-order valence-electron chi connectivity index (χ2n) is 4.54. The number of nitrogens with two attached hydrogens (primary N) is 1. The van der Waals surface area contributed by atoms with Crippen molar-refractivity contribution in [2.75, 3.05) is 11.1 Å². The number of benzene rings is 2. The summed E-state index contributed by atoms with van der Waals surface area (Å²) in [5.41, 5.74) is 7.25. The van der Waals surface area contributed by atoms with Crippen molar-refractivity contribution in [3.05, 3.63) is 63.7 Å². The smallest absolute Gasteiger partial charge is 0.292 e. The third-order valence-electron chi connectivity index (χ3n) is 3.11. The lowest BCUT2D eigenvalue weighted by molar-refractivity contribution is -0.383. The Morgan fingerprint density at radius 1 is 1.24 bits per heavy atom. The van der Waals surface area contributed by atoms with Gasteiger partial charge in [-0.05, 0) is 36.2 Å². The van der Waals surface area contributed by atoms with E-state index in [9.17, 15) is 14.9 Å². The van der Waals surface area contributed by atoms with Crippen LogP contribution in [0.15, 0.2) is 42.5 Å². The van der Waals surface area contributed by atoms with Gasteiger partial charge in [-0.15, -0.1) is 0 Å². The topological polar surface area (TPSA) is 98.3 Å². The van der Waals surface area contributed by atoms with Crippen molar-refractivity contribution in [3.8, 4) is 0 Å². The van der Waals surface area contributed by atoms with Crippen LogP contribution in [0.5, 0.6) is 0 Å². The molecule has 0 unspecified atom stereocenters. The van der Waals surface area contributed by atoms with Gasteiger partial charge in [0.15, 0.2) is 0 Å². The zero-order valence-electron chi connectivity index (χ0n) is 11.5. The molecule has 108 valence electrons. The van der Waals surface area contributed by atoms with Crippen molar-refractivity contribution in [3.63, 3.8) is 0 Å². The van der Waals surface area contributed by atoms with E-state index >= 15 is 0 Å². The number of amides is 1. The summed E-state index contributed by atoms with van der Waals surface area (Å²) in [6.07, 6.45) is 0.915. The van der Waals surface area contributed by atoms with Crippen LogP contribution in [0.25, 0.3) is 0 Å². The molecule has 0 fully saturated rings. The Kier molecular flexibility index (Phi) is 4.18.